The van der Waals surface area contributed by atoms with E-state index in [0.29, 0.717) is 11.6 Å². The molecule has 0 aliphatic carbocycles. The third-order valence-corrected chi connectivity index (χ3v) is 1.89. The van der Waals surface area contributed by atoms with Crippen LogP contribution in [0.5, 0.6) is 0 Å². The number of nitrogens with one attached hydrogen (secondary N) is 1. The molecule has 4 nitrogen and oxygen atoms in total. The van der Waals surface area contributed by atoms with E-state index >= 15 is 0 Å². The van der Waals surface area contributed by atoms with Crippen molar-refractivity contribution in [1.29, 1.82) is 5.41 Å². The van der Waals surface area contributed by atoms with E-state index in [4.69, 9.17) is 11.3 Å². The second-order valence-electron chi connectivity index (χ2n) is 3.65. The van der Waals surface area contributed by atoms with Gasteiger partial charge < -0.3 is 11.3 Å². The standard InChI is InChI=1S/C12H20N4/c1-10(2)12(16-14)7-5-4-6-8-15-11(3)9-13/h5-10,13H,4,14H2,1-3H3/b7-5-,8-6+,13-9?,15-11?,16-12+. The van der Waals surface area contributed by atoms with Gasteiger partial charge in [0, 0.05) is 12.4 Å². The van der Waals surface area contributed by atoms with Crippen molar-refractivity contribution in [2.75, 3.05) is 0 Å². The summed E-state index contributed by atoms with van der Waals surface area (Å²) in [6, 6.07) is 0. The molecule has 0 bridgehead atoms. The van der Waals surface area contributed by atoms with Gasteiger partial charge in [-0.15, -0.1) is 0 Å². The van der Waals surface area contributed by atoms with Gasteiger partial charge in [-0.1, -0.05) is 26.0 Å². The van der Waals surface area contributed by atoms with Crippen LogP contribution >= 0.6 is 0 Å². The van der Waals surface area contributed by atoms with Gasteiger partial charge in [-0.05, 0) is 25.3 Å². The molecule has 16 heavy (non-hydrogen) atoms. The Labute approximate surface area is 97.2 Å². The van der Waals surface area contributed by atoms with Crippen molar-refractivity contribution in [3.8, 4) is 0 Å². The maximum Gasteiger partial charge on any atom is 0.0622 e. The SMILES string of the molecule is CC(C=N)=N/C=C/C/C=C\C(=N/N)C(C)C. The first-order valence-electron chi connectivity index (χ1n) is 5.26. The van der Waals surface area contributed by atoms with Crippen LogP contribution in [-0.4, -0.2) is 17.6 Å². The number of hydrogen-bond donors (Lipinski definition) is 2. The molecule has 0 spiro atoms. The number of nitrogens with zero attached hydrogens (tertiary/aromatic N) is 2. The highest BCUT2D eigenvalue weighted by Gasteiger charge is 1.98. The van der Waals surface area contributed by atoms with E-state index in [9.17, 15) is 0 Å². The molecule has 0 aromatic rings. The molecule has 0 aliphatic heterocycles. The molecule has 0 aromatic carbocycles. The summed E-state index contributed by atoms with van der Waals surface area (Å²) in [5.41, 5.74) is 1.57. The molecule has 0 aromatic heterocycles. The van der Waals surface area contributed by atoms with E-state index in [-0.39, 0.29) is 0 Å². The third-order valence-electron chi connectivity index (χ3n) is 1.89. The van der Waals surface area contributed by atoms with Crippen LogP contribution in [0.25, 0.3) is 0 Å². The lowest BCUT2D eigenvalue weighted by molar-refractivity contribution is 0.880. The molecule has 0 radical (unpaired) electrons. The molecule has 0 saturated heterocycles. The predicted octanol–water partition coefficient (Wildman–Crippen LogP) is 2.53. The summed E-state index contributed by atoms with van der Waals surface area (Å²) in [5.74, 6) is 5.58. The lowest BCUT2D eigenvalue weighted by Gasteiger charge is -2.01. The van der Waals surface area contributed by atoms with Gasteiger partial charge in [0.15, 0.2) is 0 Å². The molecule has 3 N–H and O–H groups in total. The zero-order valence-electron chi connectivity index (χ0n) is 10.1. The molecular formula is C12H20N4. The minimum absolute atomic E-state index is 0.336. The van der Waals surface area contributed by atoms with E-state index in [1.54, 1.807) is 13.1 Å². The number of aliphatic imine (C=N–C) groups is 1. The van der Waals surface area contributed by atoms with Crippen molar-refractivity contribution in [3.63, 3.8) is 0 Å². The second kappa shape index (κ2) is 8.59. The zero-order valence-corrected chi connectivity index (χ0v) is 10.1. The Balaban J connectivity index is 4.08. The van der Waals surface area contributed by atoms with Crippen LogP contribution in [0.2, 0.25) is 0 Å². The molecule has 0 aliphatic rings. The monoisotopic (exact) mass is 220 g/mol. The topological polar surface area (TPSA) is 74.6 Å². The summed E-state index contributed by atoms with van der Waals surface area (Å²) >= 11 is 0. The van der Waals surface area contributed by atoms with Gasteiger partial charge in [0.25, 0.3) is 0 Å². The number of hydrogen-bond acceptors (Lipinski definition) is 4. The Morgan fingerprint density at radius 1 is 1.38 bits per heavy atom. The molecule has 88 valence electrons. The molecule has 4 heteroatoms. The first-order chi connectivity index (χ1) is 7.61. The summed E-state index contributed by atoms with van der Waals surface area (Å²) in [5, 5.41) is 10.6. The van der Waals surface area contributed by atoms with Gasteiger partial charge in [0.05, 0.1) is 11.4 Å². The number of rotatable bonds is 6. The normalized spacial score (nSPS) is 14.2. The quantitative estimate of drug-likeness (QED) is 0.403. The third kappa shape index (κ3) is 6.70. The molecule has 0 atom stereocenters. The van der Waals surface area contributed by atoms with Crippen molar-refractivity contribution in [3.05, 3.63) is 24.4 Å². The minimum atomic E-state index is 0.336. The zero-order chi connectivity index (χ0) is 12.4. The summed E-state index contributed by atoms with van der Waals surface area (Å²) in [6.07, 6.45) is 9.51. The fourth-order valence-electron chi connectivity index (χ4n) is 0.920. The summed E-state index contributed by atoms with van der Waals surface area (Å²) in [4.78, 5) is 4.02. The predicted molar refractivity (Wildman–Crippen MR) is 71.3 cm³/mol. The van der Waals surface area contributed by atoms with Crippen LogP contribution in [0.15, 0.2) is 34.5 Å². The van der Waals surface area contributed by atoms with E-state index in [0.717, 1.165) is 12.1 Å². The average molecular weight is 220 g/mol. The molecule has 0 saturated carbocycles. The number of allylic oxidation sites excluding steroid dienone is 3. The lowest BCUT2D eigenvalue weighted by Crippen LogP contribution is -2.06. The van der Waals surface area contributed by atoms with Crippen molar-refractivity contribution < 1.29 is 0 Å². The van der Waals surface area contributed by atoms with Crippen LogP contribution in [-0.2, 0) is 0 Å². The van der Waals surface area contributed by atoms with E-state index in [1.165, 1.54) is 6.21 Å². The van der Waals surface area contributed by atoms with Crippen LogP contribution in [0.4, 0.5) is 0 Å². The van der Waals surface area contributed by atoms with Crippen LogP contribution in [0.1, 0.15) is 27.2 Å². The summed E-state index contributed by atoms with van der Waals surface area (Å²) in [7, 11) is 0. The van der Waals surface area contributed by atoms with Crippen LogP contribution < -0.4 is 5.84 Å². The van der Waals surface area contributed by atoms with Crippen molar-refractivity contribution in [2.45, 2.75) is 27.2 Å². The highest BCUT2D eigenvalue weighted by Crippen LogP contribution is 1.98. The number of nitrogens with two attached hydrogens (primary N) is 1. The molecule has 0 heterocycles. The van der Waals surface area contributed by atoms with Crippen molar-refractivity contribution in [1.82, 2.24) is 0 Å². The van der Waals surface area contributed by atoms with Crippen molar-refractivity contribution >= 4 is 17.6 Å². The van der Waals surface area contributed by atoms with E-state index in [2.05, 4.69) is 10.1 Å². The lowest BCUT2D eigenvalue weighted by atomic mass is 10.1. The Morgan fingerprint density at radius 2 is 2.06 bits per heavy atom. The van der Waals surface area contributed by atoms with E-state index < -0.39 is 0 Å². The first-order valence-corrected chi connectivity index (χ1v) is 5.26. The van der Waals surface area contributed by atoms with Gasteiger partial charge >= 0.3 is 0 Å². The first kappa shape index (κ1) is 14.3. The fraction of sp³-hybridized carbons (Fsp3) is 0.417. The van der Waals surface area contributed by atoms with Gasteiger partial charge in [0.2, 0.25) is 0 Å². The smallest absolute Gasteiger partial charge is 0.0622 e. The van der Waals surface area contributed by atoms with Crippen LogP contribution in [0.3, 0.4) is 0 Å². The second-order valence-corrected chi connectivity index (χ2v) is 3.65. The number of hydrazone groups is 1. The van der Waals surface area contributed by atoms with Crippen molar-refractivity contribution in [2.24, 2.45) is 21.9 Å². The maximum atomic E-state index is 6.92. The van der Waals surface area contributed by atoms with Crippen LogP contribution in [0, 0.1) is 11.3 Å². The highest BCUT2D eigenvalue weighted by molar-refractivity contribution is 6.28. The largest absolute Gasteiger partial charge is 0.323 e. The summed E-state index contributed by atoms with van der Waals surface area (Å²) in [6.45, 7) is 5.87. The highest BCUT2D eigenvalue weighted by atomic mass is 15.1. The van der Waals surface area contributed by atoms with Gasteiger partial charge in [-0.2, -0.15) is 5.10 Å². The Bertz CT molecular complexity index is 322. The molecule has 0 amide bonds. The Kier molecular flexibility index (Phi) is 7.67. The molecule has 0 rings (SSSR count). The summed E-state index contributed by atoms with van der Waals surface area (Å²) < 4.78 is 0. The minimum Gasteiger partial charge on any atom is -0.323 e. The average Bonchev–Trinajstić information content (AvgIpc) is 2.27. The Morgan fingerprint density at radius 3 is 2.56 bits per heavy atom. The van der Waals surface area contributed by atoms with Gasteiger partial charge in [0.1, 0.15) is 0 Å². The molecule has 0 unspecified atom stereocenters. The van der Waals surface area contributed by atoms with E-state index in [1.807, 2.05) is 32.1 Å². The fourth-order valence-corrected chi connectivity index (χ4v) is 0.920. The molecular weight excluding hydrogens is 200 g/mol. The van der Waals surface area contributed by atoms with Gasteiger partial charge in [-0.25, -0.2) is 0 Å². The Hall–Kier alpha value is -1.71. The molecule has 0 fully saturated rings. The maximum absolute atomic E-state index is 6.92. The van der Waals surface area contributed by atoms with Gasteiger partial charge in [-0.3, -0.25) is 4.99 Å².